The van der Waals surface area contributed by atoms with Gasteiger partial charge in [0.2, 0.25) is 0 Å². The lowest BCUT2D eigenvalue weighted by Gasteiger charge is -2.08. The van der Waals surface area contributed by atoms with E-state index in [0.29, 0.717) is 6.73 Å². The van der Waals surface area contributed by atoms with E-state index >= 15 is 0 Å². The Morgan fingerprint density at radius 3 is 2.50 bits per heavy atom. The molecule has 0 unspecified atom stereocenters. The van der Waals surface area contributed by atoms with Crippen LogP contribution in [0.2, 0.25) is 0 Å². The minimum absolute atomic E-state index is 0.486. The summed E-state index contributed by atoms with van der Waals surface area (Å²) in [6, 6.07) is 7.56. The number of ether oxygens (including phenoxy) is 2. The van der Waals surface area contributed by atoms with Crippen molar-refractivity contribution in [2.24, 2.45) is 0 Å². The van der Waals surface area contributed by atoms with Crippen LogP contribution in [0.15, 0.2) is 24.3 Å². The topological polar surface area (TPSA) is 30.5 Å². The van der Waals surface area contributed by atoms with Gasteiger partial charge in [-0.2, -0.15) is 0 Å². The average molecular weight is 167 g/mol. The lowest BCUT2D eigenvalue weighted by atomic mass is 10.3. The Morgan fingerprint density at radius 2 is 1.92 bits per heavy atom. The van der Waals surface area contributed by atoms with Crippen LogP contribution in [-0.4, -0.2) is 20.9 Å². The molecule has 3 heteroatoms. The molecule has 1 rings (SSSR count). The number of hydrogen-bond donors (Lipinski definition) is 1. The van der Waals surface area contributed by atoms with Crippen LogP contribution >= 0.6 is 0 Å². The van der Waals surface area contributed by atoms with E-state index in [-0.39, 0.29) is 0 Å². The Hall–Kier alpha value is -1.22. The van der Waals surface area contributed by atoms with Gasteiger partial charge in [-0.1, -0.05) is 12.1 Å². The number of para-hydroxylation sites is 2. The molecule has 0 radical (unpaired) electrons. The smallest absolute Gasteiger partial charge is 0.163 e. The van der Waals surface area contributed by atoms with Crippen molar-refractivity contribution in [3.05, 3.63) is 24.3 Å². The van der Waals surface area contributed by atoms with Crippen LogP contribution in [-0.2, 0) is 0 Å². The normalized spacial score (nSPS) is 9.50. The summed E-state index contributed by atoms with van der Waals surface area (Å²) in [6.07, 6.45) is 0. The minimum atomic E-state index is 0.486. The third-order valence-corrected chi connectivity index (χ3v) is 1.44. The Labute approximate surface area is 72.3 Å². The van der Waals surface area contributed by atoms with Gasteiger partial charge in [-0.25, -0.2) is 0 Å². The van der Waals surface area contributed by atoms with Crippen LogP contribution in [0, 0.1) is 0 Å². The zero-order valence-electron chi connectivity index (χ0n) is 7.33. The highest BCUT2D eigenvalue weighted by atomic mass is 16.5. The molecule has 0 spiro atoms. The molecule has 1 aromatic carbocycles. The van der Waals surface area contributed by atoms with Gasteiger partial charge in [-0.05, 0) is 19.2 Å². The summed E-state index contributed by atoms with van der Waals surface area (Å²) in [7, 11) is 3.46. The molecular formula is C9H13NO2. The molecule has 12 heavy (non-hydrogen) atoms. The first-order valence-corrected chi connectivity index (χ1v) is 3.79. The van der Waals surface area contributed by atoms with Gasteiger partial charge in [-0.15, -0.1) is 0 Å². The zero-order chi connectivity index (χ0) is 8.81. The van der Waals surface area contributed by atoms with Crippen molar-refractivity contribution in [1.29, 1.82) is 0 Å². The molecule has 0 bridgehead atoms. The van der Waals surface area contributed by atoms with Gasteiger partial charge in [-0.3, -0.25) is 5.32 Å². The van der Waals surface area contributed by atoms with Gasteiger partial charge in [0.05, 0.1) is 7.11 Å². The first kappa shape index (κ1) is 8.87. The third kappa shape index (κ3) is 2.13. The highest BCUT2D eigenvalue weighted by Gasteiger charge is 1.99. The predicted molar refractivity (Wildman–Crippen MR) is 47.5 cm³/mol. The maximum Gasteiger partial charge on any atom is 0.163 e. The summed E-state index contributed by atoms with van der Waals surface area (Å²) < 4.78 is 10.4. The SMILES string of the molecule is CNCOc1ccccc1OC. The van der Waals surface area contributed by atoms with Crippen molar-refractivity contribution in [1.82, 2.24) is 5.32 Å². The molecule has 3 nitrogen and oxygen atoms in total. The molecule has 0 aromatic heterocycles. The summed E-state index contributed by atoms with van der Waals surface area (Å²) >= 11 is 0. The van der Waals surface area contributed by atoms with E-state index in [1.54, 1.807) is 7.11 Å². The Kier molecular flexibility index (Phi) is 3.41. The molecule has 0 saturated carbocycles. The first-order valence-electron chi connectivity index (χ1n) is 3.79. The van der Waals surface area contributed by atoms with E-state index in [9.17, 15) is 0 Å². The van der Waals surface area contributed by atoms with E-state index in [1.165, 1.54) is 0 Å². The second kappa shape index (κ2) is 4.62. The van der Waals surface area contributed by atoms with Crippen molar-refractivity contribution < 1.29 is 9.47 Å². The monoisotopic (exact) mass is 167 g/mol. The first-order chi connectivity index (χ1) is 5.88. The summed E-state index contributed by atoms with van der Waals surface area (Å²) in [5.41, 5.74) is 0. The van der Waals surface area contributed by atoms with Gasteiger partial charge < -0.3 is 9.47 Å². The Morgan fingerprint density at radius 1 is 1.25 bits per heavy atom. The number of rotatable bonds is 4. The molecule has 0 fully saturated rings. The van der Waals surface area contributed by atoms with E-state index in [2.05, 4.69) is 5.32 Å². The van der Waals surface area contributed by atoms with Crippen LogP contribution in [0.5, 0.6) is 11.5 Å². The fourth-order valence-electron chi connectivity index (χ4n) is 0.888. The molecule has 0 heterocycles. The molecule has 66 valence electrons. The molecule has 0 amide bonds. The maximum absolute atomic E-state index is 5.34. The third-order valence-electron chi connectivity index (χ3n) is 1.44. The van der Waals surface area contributed by atoms with Crippen LogP contribution < -0.4 is 14.8 Å². The van der Waals surface area contributed by atoms with E-state index in [0.717, 1.165) is 11.5 Å². The molecule has 0 atom stereocenters. The second-order valence-electron chi connectivity index (χ2n) is 2.29. The average Bonchev–Trinajstić information content (AvgIpc) is 2.15. The summed E-state index contributed by atoms with van der Waals surface area (Å²) in [4.78, 5) is 0. The number of methoxy groups -OCH3 is 1. The molecule has 0 aliphatic heterocycles. The summed E-state index contributed by atoms with van der Waals surface area (Å²) in [5, 5.41) is 2.89. The van der Waals surface area contributed by atoms with Crippen LogP contribution in [0.25, 0.3) is 0 Å². The molecule has 0 aliphatic rings. The van der Waals surface area contributed by atoms with Crippen LogP contribution in [0.4, 0.5) is 0 Å². The fraction of sp³-hybridized carbons (Fsp3) is 0.333. The minimum Gasteiger partial charge on any atom is -0.493 e. The second-order valence-corrected chi connectivity index (χ2v) is 2.29. The van der Waals surface area contributed by atoms with E-state index in [4.69, 9.17) is 9.47 Å². The fourth-order valence-corrected chi connectivity index (χ4v) is 0.888. The van der Waals surface area contributed by atoms with Crippen LogP contribution in [0.3, 0.4) is 0 Å². The Balaban J connectivity index is 2.68. The lowest BCUT2D eigenvalue weighted by molar-refractivity contribution is 0.277. The van der Waals surface area contributed by atoms with Gasteiger partial charge in [0.15, 0.2) is 11.5 Å². The molecule has 1 aromatic rings. The summed E-state index contributed by atoms with van der Waals surface area (Å²) in [5.74, 6) is 1.52. The number of benzene rings is 1. The molecular weight excluding hydrogens is 154 g/mol. The number of hydrogen-bond acceptors (Lipinski definition) is 3. The van der Waals surface area contributed by atoms with Crippen molar-refractivity contribution in [3.63, 3.8) is 0 Å². The highest BCUT2D eigenvalue weighted by molar-refractivity contribution is 5.39. The molecule has 0 aliphatic carbocycles. The maximum atomic E-state index is 5.34. The zero-order valence-corrected chi connectivity index (χ0v) is 7.33. The van der Waals surface area contributed by atoms with Gasteiger partial charge in [0, 0.05) is 0 Å². The van der Waals surface area contributed by atoms with Crippen molar-refractivity contribution in [3.8, 4) is 11.5 Å². The van der Waals surface area contributed by atoms with Crippen molar-refractivity contribution in [2.45, 2.75) is 0 Å². The van der Waals surface area contributed by atoms with E-state index < -0.39 is 0 Å². The van der Waals surface area contributed by atoms with Gasteiger partial charge in [0.1, 0.15) is 6.73 Å². The standard InChI is InChI=1S/C9H13NO2/c1-10-7-12-9-6-4-3-5-8(9)11-2/h3-6,10H,7H2,1-2H3. The highest BCUT2D eigenvalue weighted by Crippen LogP contribution is 2.25. The quantitative estimate of drug-likeness (QED) is 0.684. The van der Waals surface area contributed by atoms with Crippen molar-refractivity contribution in [2.75, 3.05) is 20.9 Å². The molecule has 1 N–H and O–H groups in total. The van der Waals surface area contributed by atoms with Gasteiger partial charge >= 0.3 is 0 Å². The Bertz CT molecular complexity index is 238. The van der Waals surface area contributed by atoms with Crippen LogP contribution in [0.1, 0.15) is 0 Å². The summed E-state index contributed by atoms with van der Waals surface area (Å²) in [6.45, 7) is 0.486. The van der Waals surface area contributed by atoms with Gasteiger partial charge in [0.25, 0.3) is 0 Å². The van der Waals surface area contributed by atoms with Crippen molar-refractivity contribution >= 4 is 0 Å². The largest absolute Gasteiger partial charge is 0.493 e. The number of nitrogens with one attached hydrogen (secondary N) is 1. The predicted octanol–water partition coefficient (Wildman–Crippen LogP) is 1.25. The van der Waals surface area contributed by atoms with E-state index in [1.807, 2.05) is 31.3 Å². The lowest BCUT2D eigenvalue weighted by Crippen LogP contribution is -2.14. The molecule has 0 saturated heterocycles.